The van der Waals surface area contributed by atoms with Crippen molar-refractivity contribution in [2.45, 2.75) is 0 Å². The van der Waals surface area contributed by atoms with Gasteiger partial charge in [-0.15, -0.1) is 0 Å². The van der Waals surface area contributed by atoms with Gasteiger partial charge < -0.3 is 14.0 Å². The Kier molecular flexibility index (Phi) is 2.87. The topological polar surface area (TPSA) is 36.3 Å². The van der Waals surface area contributed by atoms with Gasteiger partial charge in [0, 0.05) is 14.2 Å². The standard InChI is InChI=1S/C11H14N2O2/c1-13-8-12-11-9(13)4-3-5-10(11)15-7-6-14-2/h3-5,8H,6-7H2,1-2H3. The molecule has 4 heteroatoms. The number of hydrogen-bond donors (Lipinski definition) is 0. The predicted molar refractivity (Wildman–Crippen MR) is 58.1 cm³/mol. The average Bonchev–Trinajstić information content (AvgIpc) is 2.62. The average molecular weight is 206 g/mol. The zero-order chi connectivity index (χ0) is 10.7. The number of para-hydroxylation sites is 1. The Balaban J connectivity index is 2.26. The van der Waals surface area contributed by atoms with E-state index in [1.54, 1.807) is 13.4 Å². The summed E-state index contributed by atoms with van der Waals surface area (Å²) in [4.78, 5) is 4.29. The van der Waals surface area contributed by atoms with E-state index in [-0.39, 0.29) is 0 Å². The number of benzene rings is 1. The van der Waals surface area contributed by atoms with E-state index in [4.69, 9.17) is 9.47 Å². The smallest absolute Gasteiger partial charge is 0.147 e. The molecule has 2 rings (SSSR count). The van der Waals surface area contributed by atoms with Gasteiger partial charge in [-0.1, -0.05) is 6.07 Å². The minimum absolute atomic E-state index is 0.548. The molecule has 80 valence electrons. The van der Waals surface area contributed by atoms with E-state index in [2.05, 4.69) is 4.98 Å². The van der Waals surface area contributed by atoms with Gasteiger partial charge in [-0.25, -0.2) is 4.98 Å². The molecule has 0 aliphatic rings. The first-order valence-electron chi connectivity index (χ1n) is 4.84. The van der Waals surface area contributed by atoms with Crippen molar-refractivity contribution in [2.24, 2.45) is 7.05 Å². The minimum Gasteiger partial charge on any atom is -0.489 e. The van der Waals surface area contributed by atoms with Crippen LogP contribution >= 0.6 is 0 Å². The number of aromatic nitrogens is 2. The molecule has 0 spiro atoms. The summed E-state index contributed by atoms with van der Waals surface area (Å²) in [6, 6.07) is 5.91. The highest BCUT2D eigenvalue weighted by molar-refractivity contribution is 5.81. The van der Waals surface area contributed by atoms with Gasteiger partial charge in [0.25, 0.3) is 0 Å². The maximum atomic E-state index is 5.57. The lowest BCUT2D eigenvalue weighted by Crippen LogP contribution is -2.04. The lowest BCUT2D eigenvalue weighted by atomic mass is 10.3. The lowest BCUT2D eigenvalue weighted by molar-refractivity contribution is 0.147. The number of aryl methyl sites for hydroxylation is 1. The van der Waals surface area contributed by atoms with Gasteiger partial charge in [-0.05, 0) is 12.1 Å². The Bertz CT molecular complexity index is 451. The highest BCUT2D eigenvalue weighted by Gasteiger charge is 2.05. The first kappa shape index (κ1) is 9.98. The van der Waals surface area contributed by atoms with Crippen LogP contribution in [-0.4, -0.2) is 29.9 Å². The quantitative estimate of drug-likeness (QED) is 0.713. The summed E-state index contributed by atoms with van der Waals surface area (Å²) in [6.45, 7) is 1.13. The van der Waals surface area contributed by atoms with E-state index in [1.165, 1.54) is 0 Å². The molecule has 0 saturated carbocycles. The zero-order valence-electron chi connectivity index (χ0n) is 8.93. The van der Waals surface area contributed by atoms with Crippen LogP contribution in [-0.2, 0) is 11.8 Å². The summed E-state index contributed by atoms with van der Waals surface area (Å²) in [5, 5.41) is 0. The number of nitrogens with zero attached hydrogens (tertiary/aromatic N) is 2. The van der Waals surface area contributed by atoms with Gasteiger partial charge in [0.2, 0.25) is 0 Å². The largest absolute Gasteiger partial charge is 0.489 e. The van der Waals surface area contributed by atoms with Crippen LogP contribution < -0.4 is 4.74 Å². The van der Waals surface area contributed by atoms with Crippen LogP contribution in [0.4, 0.5) is 0 Å². The normalized spacial score (nSPS) is 10.8. The van der Waals surface area contributed by atoms with Crippen molar-refractivity contribution >= 4 is 11.0 Å². The number of hydrogen-bond acceptors (Lipinski definition) is 3. The van der Waals surface area contributed by atoms with Crippen molar-refractivity contribution in [2.75, 3.05) is 20.3 Å². The Labute approximate surface area is 88.4 Å². The van der Waals surface area contributed by atoms with Crippen LogP contribution in [0, 0.1) is 0 Å². The Hall–Kier alpha value is -1.55. The zero-order valence-corrected chi connectivity index (χ0v) is 8.93. The molecule has 0 amide bonds. The maximum absolute atomic E-state index is 5.57. The fourth-order valence-electron chi connectivity index (χ4n) is 1.48. The number of rotatable bonds is 4. The van der Waals surface area contributed by atoms with E-state index in [1.807, 2.05) is 29.8 Å². The molecule has 15 heavy (non-hydrogen) atoms. The molecule has 2 aromatic rings. The number of fused-ring (bicyclic) bond motifs is 1. The fourth-order valence-corrected chi connectivity index (χ4v) is 1.48. The molecule has 0 aliphatic carbocycles. The second kappa shape index (κ2) is 4.31. The third kappa shape index (κ3) is 1.94. The molecular weight excluding hydrogens is 192 g/mol. The lowest BCUT2D eigenvalue weighted by Gasteiger charge is -2.05. The van der Waals surface area contributed by atoms with Crippen molar-refractivity contribution in [3.8, 4) is 5.75 Å². The Morgan fingerprint density at radius 2 is 2.20 bits per heavy atom. The van der Waals surface area contributed by atoms with Crippen LogP contribution in [0.3, 0.4) is 0 Å². The summed E-state index contributed by atoms with van der Waals surface area (Å²) in [7, 11) is 3.62. The summed E-state index contributed by atoms with van der Waals surface area (Å²) < 4.78 is 12.5. The van der Waals surface area contributed by atoms with Crippen molar-refractivity contribution in [3.63, 3.8) is 0 Å². The van der Waals surface area contributed by atoms with E-state index >= 15 is 0 Å². The van der Waals surface area contributed by atoms with E-state index < -0.39 is 0 Å². The summed E-state index contributed by atoms with van der Waals surface area (Å²) in [6.07, 6.45) is 1.79. The van der Waals surface area contributed by atoms with Gasteiger partial charge in [-0.2, -0.15) is 0 Å². The van der Waals surface area contributed by atoms with Gasteiger partial charge in [0.05, 0.1) is 18.5 Å². The molecule has 0 atom stereocenters. The van der Waals surface area contributed by atoms with E-state index in [0.29, 0.717) is 13.2 Å². The molecule has 1 heterocycles. The molecule has 0 radical (unpaired) electrons. The first-order chi connectivity index (χ1) is 7.33. The van der Waals surface area contributed by atoms with Crippen molar-refractivity contribution in [3.05, 3.63) is 24.5 Å². The van der Waals surface area contributed by atoms with Crippen LogP contribution in [0.5, 0.6) is 5.75 Å². The SMILES string of the molecule is COCCOc1cccc2c1ncn2C. The van der Waals surface area contributed by atoms with Crippen LogP contribution in [0.15, 0.2) is 24.5 Å². The molecule has 0 aliphatic heterocycles. The van der Waals surface area contributed by atoms with Crippen molar-refractivity contribution < 1.29 is 9.47 Å². The molecule has 1 aromatic heterocycles. The van der Waals surface area contributed by atoms with Gasteiger partial charge in [-0.3, -0.25) is 0 Å². The second-order valence-corrected chi connectivity index (χ2v) is 3.32. The molecule has 0 N–H and O–H groups in total. The molecule has 0 fully saturated rings. The fraction of sp³-hybridized carbons (Fsp3) is 0.364. The molecule has 0 bridgehead atoms. The van der Waals surface area contributed by atoms with Gasteiger partial charge in [0.1, 0.15) is 17.9 Å². The maximum Gasteiger partial charge on any atom is 0.147 e. The number of imidazole rings is 1. The molecule has 0 unspecified atom stereocenters. The Morgan fingerprint density at radius 1 is 1.33 bits per heavy atom. The van der Waals surface area contributed by atoms with Crippen molar-refractivity contribution in [1.82, 2.24) is 9.55 Å². The third-order valence-electron chi connectivity index (χ3n) is 2.26. The molecule has 4 nitrogen and oxygen atoms in total. The highest BCUT2D eigenvalue weighted by Crippen LogP contribution is 2.23. The second-order valence-electron chi connectivity index (χ2n) is 3.32. The summed E-state index contributed by atoms with van der Waals surface area (Å²) in [5.41, 5.74) is 1.97. The van der Waals surface area contributed by atoms with Crippen LogP contribution in [0.25, 0.3) is 11.0 Å². The van der Waals surface area contributed by atoms with Crippen LogP contribution in [0.1, 0.15) is 0 Å². The summed E-state index contributed by atoms with van der Waals surface area (Å²) in [5.74, 6) is 0.810. The predicted octanol–water partition coefficient (Wildman–Crippen LogP) is 1.60. The molecule has 1 aromatic carbocycles. The first-order valence-corrected chi connectivity index (χ1v) is 4.84. The molecule has 0 saturated heterocycles. The van der Waals surface area contributed by atoms with E-state index in [0.717, 1.165) is 16.8 Å². The number of ether oxygens (including phenoxy) is 2. The van der Waals surface area contributed by atoms with Gasteiger partial charge >= 0.3 is 0 Å². The highest BCUT2D eigenvalue weighted by atomic mass is 16.5. The number of methoxy groups -OCH3 is 1. The summed E-state index contributed by atoms with van der Waals surface area (Å²) >= 11 is 0. The van der Waals surface area contributed by atoms with Gasteiger partial charge in [0.15, 0.2) is 0 Å². The minimum atomic E-state index is 0.548. The van der Waals surface area contributed by atoms with Crippen molar-refractivity contribution in [1.29, 1.82) is 0 Å². The monoisotopic (exact) mass is 206 g/mol. The Morgan fingerprint density at radius 3 is 3.00 bits per heavy atom. The van der Waals surface area contributed by atoms with Crippen LogP contribution in [0.2, 0.25) is 0 Å². The van der Waals surface area contributed by atoms with E-state index in [9.17, 15) is 0 Å². The third-order valence-corrected chi connectivity index (χ3v) is 2.26. The molecular formula is C11H14N2O2.